The van der Waals surface area contributed by atoms with E-state index < -0.39 is 29.6 Å². The maximum Gasteiger partial charge on any atom is 0.330 e. The first kappa shape index (κ1) is 15.0. The van der Waals surface area contributed by atoms with E-state index >= 15 is 0 Å². The number of hydrogen-bond donors (Lipinski definition) is 2. The zero-order valence-corrected chi connectivity index (χ0v) is 11.6. The highest BCUT2D eigenvalue weighted by Crippen LogP contribution is 2.19. The smallest absolute Gasteiger partial charge is 0.330 e. The summed E-state index contributed by atoms with van der Waals surface area (Å²) < 4.78 is 26.1. The fourth-order valence-electron chi connectivity index (χ4n) is 1.70. The van der Waals surface area contributed by atoms with Crippen molar-refractivity contribution in [1.82, 2.24) is 10.3 Å². The van der Waals surface area contributed by atoms with Crippen LogP contribution in [0.25, 0.3) is 0 Å². The Hall–Kier alpha value is -2.35. The van der Waals surface area contributed by atoms with Crippen LogP contribution in [0.2, 0.25) is 0 Å². The van der Waals surface area contributed by atoms with Gasteiger partial charge in [-0.15, -0.1) is 11.3 Å². The fourth-order valence-corrected chi connectivity index (χ4v) is 2.40. The van der Waals surface area contributed by atoms with E-state index in [0.717, 1.165) is 29.5 Å². The highest BCUT2D eigenvalue weighted by atomic mass is 32.1. The van der Waals surface area contributed by atoms with Crippen molar-refractivity contribution in [3.63, 3.8) is 0 Å². The maximum absolute atomic E-state index is 13.2. The summed E-state index contributed by atoms with van der Waals surface area (Å²) >= 11 is 1.06. The summed E-state index contributed by atoms with van der Waals surface area (Å²) in [5, 5.41) is 11.4. The Kier molecular flexibility index (Phi) is 4.27. The molecule has 1 atom stereocenters. The summed E-state index contributed by atoms with van der Waals surface area (Å²) in [6.45, 7) is 1.61. The largest absolute Gasteiger partial charge is 0.479 e. The molecule has 8 heteroatoms. The van der Waals surface area contributed by atoms with E-state index in [2.05, 4.69) is 10.3 Å². The molecule has 1 amide bonds. The molecule has 0 bridgehead atoms. The lowest BCUT2D eigenvalue weighted by Gasteiger charge is -2.14. The summed E-state index contributed by atoms with van der Waals surface area (Å²) in [4.78, 5) is 27.4. The average molecular weight is 312 g/mol. The number of nitrogens with one attached hydrogen (secondary N) is 1. The molecule has 1 aromatic carbocycles. The molecule has 0 aliphatic rings. The first-order chi connectivity index (χ1) is 9.90. The van der Waals surface area contributed by atoms with Crippen molar-refractivity contribution >= 4 is 23.2 Å². The molecule has 0 radical (unpaired) electrons. The molecule has 0 saturated carbocycles. The van der Waals surface area contributed by atoms with Gasteiger partial charge in [0.25, 0.3) is 5.91 Å². The van der Waals surface area contributed by atoms with Gasteiger partial charge in [-0.05, 0) is 24.6 Å². The third kappa shape index (κ3) is 3.22. The standard InChI is InChI=1S/C13H10F2N2O3S/c1-6-11(21-5-16-6)12(18)17-10(13(19)20)7-2-3-8(14)9(15)4-7/h2-5,10H,1H3,(H,17,18)(H,19,20)/t10-/m0/s1. The van der Waals surface area contributed by atoms with Crippen LogP contribution >= 0.6 is 11.3 Å². The highest BCUT2D eigenvalue weighted by molar-refractivity contribution is 7.11. The molecule has 0 aliphatic carbocycles. The maximum atomic E-state index is 13.2. The van der Waals surface area contributed by atoms with E-state index in [1.807, 2.05) is 0 Å². The van der Waals surface area contributed by atoms with E-state index in [0.29, 0.717) is 5.69 Å². The van der Waals surface area contributed by atoms with Gasteiger partial charge in [0.05, 0.1) is 11.2 Å². The van der Waals surface area contributed by atoms with Gasteiger partial charge in [-0.25, -0.2) is 18.6 Å². The summed E-state index contributed by atoms with van der Waals surface area (Å²) in [6, 6.07) is 1.18. The minimum Gasteiger partial charge on any atom is -0.479 e. The van der Waals surface area contributed by atoms with Crippen LogP contribution in [0.1, 0.15) is 27.0 Å². The number of benzene rings is 1. The lowest BCUT2D eigenvalue weighted by molar-refractivity contribution is -0.139. The van der Waals surface area contributed by atoms with E-state index in [-0.39, 0.29) is 10.4 Å². The topological polar surface area (TPSA) is 79.3 Å². The minimum absolute atomic E-state index is 0.0584. The molecule has 0 spiro atoms. The highest BCUT2D eigenvalue weighted by Gasteiger charge is 2.25. The fraction of sp³-hybridized carbons (Fsp3) is 0.154. The number of aryl methyl sites for hydroxylation is 1. The van der Waals surface area contributed by atoms with Crippen molar-refractivity contribution in [2.45, 2.75) is 13.0 Å². The molecule has 5 nitrogen and oxygen atoms in total. The van der Waals surface area contributed by atoms with Gasteiger partial charge in [0, 0.05) is 0 Å². The number of halogens is 2. The Balaban J connectivity index is 2.28. The molecule has 21 heavy (non-hydrogen) atoms. The molecule has 110 valence electrons. The molecule has 2 rings (SSSR count). The second-order valence-corrected chi connectivity index (χ2v) is 5.04. The molecule has 1 aromatic heterocycles. The lowest BCUT2D eigenvalue weighted by atomic mass is 10.1. The minimum atomic E-state index is -1.48. The van der Waals surface area contributed by atoms with Gasteiger partial charge < -0.3 is 10.4 Å². The number of carbonyl (C=O) groups is 2. The zero-order valence-electron chi connectivity index (χ0n) is 10.8. The van der Waals surface area contributed by atoms with Crippen LogP contribution in [0.4, 0.5) is 8.78 Å². The number of hydrogen-bond acceptors (Lipinski definition) is 4. The summed E-state index contributed by atoms with van der Waals surface area (Å²) in [5.41, 5.74) is 1.86. The third-order valence-corrected chi connectivity index (χ3v) is 3.68. The molecule has 1 heterocycles. The number of nitrogens with zero attached hydrogens (tertiary/aromatic N) is 1. The van der Waals surface area contributed by atoms with E-state index in [4.69, 9.17) is 5.11 Å². The first-order valence-corrected chi connectivity index (χ1v) is 6.67. The Morgan fingerprint density at radius 2 is 2.05 bits per heavy atom. The van der Waals surface area contributed by atoms with Crippen molar-refractivity contribution in [1.29, 1.82) is 0 Å². The summed E-state index contributed by atoms with van der Waals surface area (Å²) in [7, 11) is 0. The van der Waals surface area contributed by atoms with Crippen LogP contribution in [0.15, 0.2) is 23.7 Å². The van der Waals surface area contributed by atoms with Gasteiger partial charge in [0.1, 0.15) is 4.88 Å². The predicted molar refractivity (Wildman–Crippen MR) is 71.1 cm³/mol. The molecule has 2 N–H and O–H groups in total. The van der Waals surface area contributed by atoms with Crippen molar-refractivity contribution in [3.05, 3.63) is 51.5 Å². The monoisotopic (exact) mass is 312 g/mol. The Labute approximate surface area is 122 Å². The van der Waals surface area contributed by atoms with E-state index in [9.17, 15) is 18.4 Å². The molecule has 0 aliphatic heterocycles. The number of rotatable bonds is 4. The summed E-state index contributed by atoms with van der Waals surface area (Å²) in [6.07, 6.45) is 0. The van der Waals surface area contributed by atoms with Crippen LogP contribution in [0.3, 0.4) is 0 Å². The number of carboxylic acid groups (broad SMARTS) is 1. The zero-order chi connectivity index (χ0) is 15.6. The number of carboxylic acids is 1. The van der Waals surface area contributed by atoms with E-state index in [1.165, 1.54) is 5.51 Å². The van der Waals surface area contributed by atoms with Crippen LogP contribution < -0.4 is 5.32 Å². The predicted octanol–water partition coefficient (Wildman–Crippen LogP) is 2.29. The van der Waals surface area contributed by atoms with Gasteiger partial charge in [0.2, 0.25) is 0 Å². The lowest BCUT2D eigenvalue weighted by Crippen LogP contribution is -2.33. The molecule has 0 unspecified atom stereocenters. The average Bonchev–Trinajstić information content (AvgIpc) is 2.85. The van der Waals surface area contributed by atoms with Crippen LogP contribution in [-0.2, 0) is 4.79 Å². The quantitative estimate of drug-likeness (QED) is 0.908. The molecule has 0 saturated heterocycles. The molecule has 2 aromatic rings. The third-order valence-electron chi connectivity index (χ3n) is 2.75. The number of aliphatic carboxylic acids is 1. The van der Waals surface area contributed by atoms with Crippen molar-refractivity contribution < 1.29 is 23.5 Å². The Bertz CT molecular complexity index is 702. The van der Waals surface area contributed by atoms with Gasteiger partial charge in [-0.1, -0.05) is 6.07 Å². The second-order valence-electron chi connectivity index (χ2n) is 4.19. The Morgan fingerprint density at radius 1 is 1.33 bits per heavy atom. The van der Waals surface area contributed by atoms with Gasteiger partial charge in [0.15, 0.2) is 17.7 Å². The van der Waals surface area contributed by atoms with Crippen LogP contribution in [-0.4, -0.2) is 22.0 Å². The van der Waals surface area contributed by atoms with Crippen molar-refractivity contribution in [2.24, 2.45) is 0 Å². The molecular formula is C13H10F2N2O3S. The first-order valence-electron chi connectivity index (χ1n) is 5.79. The molecular weight excluding hydrogens is 302 g/mol. The normalized spacial score (nSPS) is 12.0. The van der Waals surface area contributed by atoms with Gasteiger partial charge in [-0.2, -0.15) is 0 Å². The van der Waals surface area contributed by atoms with Crippen LogP contribution in [0.5, 0.6) is 0 Å². The second kappa shape index (κ2) is 5.96. The van der Waals surface area contributed by atoms with Crippen molar-refractivity contribution in [3.8, 4) is 0 Å². The van der Waals surface area contributed by atoms with E-state index in [1.54, 1.807) is 6.92 Å². The number of carbonyl (C=O) groups excluding carboxylic acids is 1. The molecule has 0 fully saturated rings. The number of thiazole rings is 1. The SMILES string of the molecule is Cc1ncsc1C(=O)N[C@H](C(=O)O)c1ccc(F)c(F)c1. The Morgan fingerprint density at radius 3 is 2.57 bits per heavy atom. The number of aromatic nitrogens is 1. The van der Waals surface area contributed by atoms with Gasteiger partial charge >= 0.3 is 5.97 Å². The van der Waals surface area contributed by atoms with Crippen molar-refractivity contribution in [2.75, 3.05) is 0 Å². The van der Waals surface area contributed by atoms with Gasteiger partial charge in [-0.3, -0.25) is 4.79 Å². The summed E-state index contributed by atoms with van der Waals surface area (Å²) in [5.74, 6) is -4.28. The number of amides is 1. The van der Waals surface area contributed by atoms with Crippen LogP contribution in [0, 0.1) is 18.6 Å².